The van der Waals surface area contributed by atoms with Crippen molar-refractivity contribution in [2.75, 3.05) is 0 Å². The highest BCUT2D eigenvalue weighted by Gasteiger charge is 2.49. The third kappa shape index (κ3) is 5.37. The number of hydrogen-bond acceptors (Lipinski definition) is 4. The van der Waals surface area contributed by atoms with Gasteiger partial charge in [-0.15, -0.1) is 0 Å². The quantitative estimate of drug-likeness (QED) is 0.108. The highest BCUT2D eigenvalue weighted by molar-refractivity contribution is 7.20. The van der Waals surface area contributed by atoms with Gasteiger partial charge in [0.1, 0.15) is 11.5 Å². The van der Waals surface area contributed by atoms with Crippen LogP contribution in [0.25, 0.3) is 33.5 Å². The first-order valence-corrected chi connectivity index (χ1v) is 22.3. The minimum Gasteiger partial charge on any atom is -0.472 e. The normalized spacial score (nSPS) is 14.8. The maximum Gasteiger partial charge on any atom is 0.220 e. The van der Waals surface area contributed by atoms with Crippen LogP contribution >= 0.6 is 0 Å². The lowest BCUT2D eigenvalue weighted by Crippen LogP contribution is -2.75. The Morgan fingerprint density at radius 1 is 0.541 bits per heavy atom. The van der Waals surface area contributed by atoms with Crippen LogP contribution in [0.5, 0.6) is 11.5 Å². The molecule has 0 aliphatic carbocycles. The smallest absolute Gasteiger partial charge is 0.220 e. The van der Waals surface area contributed by atoms with E-state index < -0.39 is 26.2 Å². The first-order valence-electron chi connectivity index (χ1n) is 22.3. The van der Waals surface area contributed by atoms with Gasteiger partial charge in [0.2, 0.25) is 5.78 Å². The van der Waals surface area contributed by atoms with Gasteiger partial charge in [-0.05, 0) is 99.2 Å². The topological polar surface area (TPSA) is 57.7 Å². The zero-order valence-corrected chi connectivity index (χ0v) is 33.8. The van der Waals surface area contributed by atoms with E-state index in [1.807, 2.05) is 60.7 Å². The lowest BCUT2D eigenvalue weighted by atomic mass is 9.66. The van der Waals surface area contributed by atoms with Crippen LogP contribution in [0.4, 0.5) is 0 Å². The Hall–Kier alpha value is -7.61. The van der Waals surface area contributed by atoms with Crippen molar-refractivity contribution < 1.29 is 19.1 Å². The summed E-state index contributed by atoms with van der Waals surface area (Å²) in [4.78, 5) is 5.21. The predicted molar refractivity (Wildman–Crippen MR) is 245 cm³/mol. The molecule has 1 aliphatic heterocycles. The van der Waals surface area contributed by atoms with Crippen molar-refractivity contribution in [1.29, 1.82) is 0 Å². The highest BCUT2D eigenvalue weighted by Crippen LogP contribution is 2.51. The fourth-order valence-corrected chi connectivity index (χ4v) is 14.5. The van der Waals surface area contributed by atoms with Crippen LogP contribution in [0.1, 0.15) is 27.7 Å². The number of aromatic nitrogens is 3. The molecule has 0 saturated carbocycles. The molecule has 7 heteroatoms. The minimum atomic E-state index is -3.57. The molecule has 0 radical (unpaired) electrons. The van der Waals surface area contributed by atoms with Crippen LogP contribution in [0.2, 0.25) is 0 Å². The van der Waals surface area contributed by atoms with Crippen LogP contribution < -0.4 is 25.5 Å². The van der Waals surface area contributed by atoms with Crippen molar-refractivity contribution in [3.8, 4) is 17.2 Å². The zero-order chi connectivity index (χ0) is 44.0. The summed E-state index contributed by atoms with van der Waals surface area (Å²) in [5.41, 5.74) is 3.96. The molecular weight excluding hydrogens is 767 g/mol. The molecule has 11 aromatic rings. The van der Waals surface area contributed by atoms with Crippen molar-refractivity contribution in [2.24, 2.45) is 0 Å². The second-order valence-electron chi connectivity index (χ2n) is 15.4. The second kappa shape index (κ2) is 14.0. The summed E-state index contributed by atoms with van der Waals surface area (Å²) in [5, 5.41) is 4.00. The average Bonchev–Trinajstić information content (AvgIpc) is 4.19. The zero-order valence-electron chi connectivity index (χ0n) is 36.8. The molecule has 7 aromatic carbocycles. The van der Waals surface area contributed by atoms with Gasteiger partial charge in [0, 0.05) is 27.7 Å². The van der Waals surface area contributed by atoms with Gasteiger partial charge in [-0.2, -0.15) is 0 Å². The van der Waals surface area contributed by atoms with Crippen molar-refractivity contribution >= 4 is 56.7 Å². The molecule has 0 bridgehead atoms. The van der Waals surface area contributed by atoms with Crippen molar-refractivity contribution in [1.82, 2.24) is 14.0 Å². The fourth-order valence-electron chi connectivity index (χ4n) is 9.59. The molecule has 0 fully saturated rings. The summed E-state index contributed by atoms with van der Waals surface area (Å²) in [6.45, 7) is 0. The van der Waals surface area contributed by atoms with Gasteiger partial charge >= 0.3 is 0 Å². The number of nitrogens with zero attached hydrogens (tertiary/aromatic N) is 3. The number of para-hydroxylation sites is 6. The largest absolute Gasteiger partial charge is 0.472 e. The van der Waals surface area contributed by atoms with E-state index in [1.165, 1.54) is 25.1 Å². The number of fused-ring (bicyclic) bond motifs is 7. The second-order valence-corrected chi connectivity index (χ2v) is 19.2. The molecule has 292 valence electrons. The SMILES string of the molecule is [2H]C([2H])(c1ccoc1)C1(C([2H])([2H])c2ccoc2)c2ccccc2Oc2c1cccc2[Si](c1ccccc1)(c1ccccc1)c1cccc(-n2c3ccccc3n3c4ccccc4nc23)c1. The fraction of sp³-hybridized carbons (Fsp3) is 0.0556. The Labute approximate surface area is 359 Å². The molecule has 0 saturated heterocycles. The van der Waals surface area contributed by atoms with Crippen LogP contribution in [0.15, 0.2) is 222 Å². The summed E-state index contributed by atoms with van der Waals surface area (Å²) in [6.07, 6.45) is 0.759. The monoisotopic (exact) mass is 809 g/mol. The van der Waals surface area contributed by atoms with Gasteiger partial charge in [-0.3, -0.25) is 8.97 Å². The Balaban J connectivity index is 1.22. The number of hydrogen-bond donors (Lipinski definition) is 0. The summed E-state index contributed by atoms with van der Waals surface area (Å²) < 4.78 is 64.1. The molecule has 1 aliphatic rings. The third-order valence-electron chi connectivity index (χ3n) is 12.1. The lowest BCUT2D eigenvalue weighted by molar-refractivity contribution is 0.386. The lowest BCUT2D eigenvalue weighted by Gasteiger charge is -2.43. The van der Waals surface area contributed by atoms with E-state index in [4.69, 9.17) is 18.6 Å². The molecule has 5 heterocycles. The number of furan rings is 2. The van der Waals surface area contributed by atoms with E-state index in [0.29, 0.717) is 22.6 Å². The molecular formula is C54H39N3O3Si. The first-order chi connectivity index (χ1) is 31.8. The molecule has 4 aromatic heterocycles. The Morgan fingerprint density at radius 3 is 1.84 bits per heavy atom. The Morgan fingerprint density at radius 2 is 1.13 bits per heavy atom. The van der Waals surface area contributed by atoms with E-state index in [-0.39, 0.29) is 11.1 Å². The summed E-state index contributed by atoms with van der Waals surface area (Å²) in [7, 11) is -3.57. The standard InChI is InChI=1S/C54H39N3O3Si/c1-3-16-41(17-4-1)61(42-18-5-2-6-19-42,43-20-13-15-40(33-43)56-48-25-10-11-26-49(48)57-47-24-9-8-23-46(47)55-53(56)57)51-28-14-22-45-52(51)60-50-27-12-7-21-44(50)54(45,34-38-29-31-58-36-38)35-39-30-32-59-37-39/h1-33,36-37H,34-35H2/i34D2,35D2. The average molecular weight is 810 g/mol. The summed E-state index contributed by atoms with van der Waals surface area (Å²) >= 11 is 0. The maximum absolute atomic E-state index is 10.3. The number of benzene rings is 7. The van der Waals surface area contributed by atoms with Crippen LogP contribution in [0, 0.1) is 0 Å². The van der Waals surface area contributed by atoms with Crippen molar-refractivity contribution in [3.63, 3.8) is 0 Å². The van der Waals surface area contributed by atoms with Crippen LogP contribution in [-0.2, 0) is 18.2 Å². The number of rotatable bonds is 9. The number of ether oxygens (including phenoxy) is 1. The number of imidazole rings is 2. The maximum atomic E-state index is 10.3. The van der Waals surface area contributed by atoms with E-state index in [0.717, 1.165) is 54.3 Å². The molecule has 0 N–H and O–H groups in total. The molecule has 0 atom stereocenters. The third-order valence-corrected chi connectivity index (χ3v) is 16.9. The first kappa shape index (κ1) is 31.3. The van der Waals surface area contributed by atoms with E-state index in [2.05, 4.69) is 118 Å². The van der Waals surface area contributed by atoms with Gasteiger partial charge in [0.15, 0.2) is 8.07 Å². The van der Waals surface area contributed by atoms with E-state index >= 15 is 0 Å². The highest BCUT2D eigenvalue weighted by atomic mass is 28.3. The predicted octanol–water partition coefficient (Wildman–Crippen LogP) is 9.87. The molecule has 61 heavy (non-hydrogen) atoms. The van der Waals surface area contributed by atoms with Gasteiger partial charge in [0.25, 0.3) is 0 Å². The van der Waals surface area contributed by atoms with Gasteiger partial charge in [0.05, 0.1) is 47.1 Å². The van der Waals surface area contributed by atoms with Gasteiger partial charge in [-0.1, -0.05) is 133 Å². The molecule has 12 rings (SSSR count). The van der Waals surface area contributed by atoms with Crippen molar-refractivity contribution in [2.45, 2.75) is 18.2 Å². The minimum absolute atomic E-state index is 0.192. The Kier molecular flexibility index (Phi) is 7.19. The molecule has 0 unspecified atom stereocenters. The van der Waals surface area contributed by atoms with E-state index in [1.54, 1.807) is 18.2 Å². The van der Waals surface area contributed by atoms with Crippen LogP contribution in [0.3, 0.4) is 0 Å². The van der Waals surface area contributed by atoms with Crippen molar-refractivity contribution in [3.05, 3.63) is 235 Å². The van der Waals surface area contributed by atoms with Crippen LogP contribution in [-0.4, -0.2) is 22.0 Å². The molecule has 0 amide bonds. The summed E-state index contributed by atoms with van der Waals surface area (Å²) in [6, 6.07) is 62.6. The van der Waals surface area contributed by atoms with Gasteiger partial charge in [-0.25, -0.2) is 4.98 Å². The molecule has 6 nitrogen and oxygen atoms in total. The Bertz CT molecular complexity index is 3460. The van der Waals surface area contributed by atoms with Gasteiger partial charge < -0.3 is 13.6 Å². The van der Waals surface area contributed by atoms with E-state index in [9.17, 15) is 5.48 Å². The molecule has 0 spiro atoms. The summed E-state index contributed by atoms with van der Waals surface area (Å²) in [5.74, 6) is 1.56.